The number of pyridine rings is 1. The third-order valence-corrected chi connectivity index (χ3v) is 4.37. The first kappa shape index (κ1) is 15.8. The Kier molecular flexibility index (Phi) is 3.23. The van der Waals surface area contributed by atoms with Gasteiger partial charge in [0, 0.05) is 18.2 Å². The van der Waals surface area contributed by atoms with Crippen LogP contribution < -0.4 is 5.32 Å². The van der Waals surface area contributed by atoms with Gasteiger partial charge in [-0.3, -0.25) is 4.79 Å². The second-order valence-electron chi connectivity index (χ2n) is 5.73. The van der Waals surface area contributed by atoms with Gasteiger partial charge in [-0.1, -0.05) is 24.3 Å². The number of aromatic nitrogens is 1. The molecule has 2 aliphatic rings. The lowest BCUT2D eigenvalue weighted by molar-refractivity contribution is -0.144. The average Bonchev–Trinajstić information content (AvgIpc) is 2.98. The van der Waals surface area contributed by atoms with Gasteiger partial charge in [-0.2, -0.15) is 18.2 Å². The van der Waals surface area contributed by atoms with Crippen molar-refractivity contribution in [2.24, 2.45) is 4.99 Å². The van der Waals surface area contributed by atoms with E-state index in [9.17, 15) is 18.0 Å². The summed E-state index contributed by atoms with van der Waals surface area (Å²) < 4.78 is 45.3. The Morgan fingerprint density at radius 3 is 2.68 bits per heavy atom. The van der Waals surface area contributed by atoms with Gasteiger partial charge < -0.3 is 10.1 Å². The summed E-state index contributed by atoms with van der Waals surface area (Å²) >= 11 is 0. The maximum absolute atomic E-state index is 13.2. The number of amides is 1. The van der Waals surface area contributed by atoms with Gasteiger partial charge in [0.05, 0.1) is 12.3 Å². The number of halogens is 3. The molecule has 4 rings (SSSR count). The highest BCUT2D eigenvalue weighted by Crippen LogP contribution is 2.46. The highest BCUT2D eigenvalue weighted by Gasteiger charge is 2.54. The van der Waals surface area contributed by atoms with Crippen molar-refractivity contribution in [1.82, 2.24) is 10.3 Å². The zero-order valence-corrected chi connectivity index (χ0v) is 13.0. The Morgan fingerprint density at radius 1 is 1.20 bits per heavy atom. The topological polar surface area (TPSA) is 63.6 Å². The normalized spacial score (nSPS) is 21.8. The molecule has 1 amide bonds. The molecule has 0 bridgehead atoms. The molecular formula is C17H12F3N3O2. The van der Waals surface area contributed by atoms with Crippen LogP contribution in [0.25, 0.3) is 0 Å². The third-order valence-electron chi connectivity index (χ3n) is 4.37. The first-order valence-corrected chi connectivity index (χ1v) is 7.50. The Balaban J connectivity index is 2.04. The number of hydrogen-bond donors (Lipinski definition) is 1. The third kappa shape index (κ3) is 2.10. The van der Waals surface area contributed by atoms with E-state index in [-0.39, 0.29) is 18.1 Å². The predicted molar refractivity (Wildman–Crippen MR) is 81.9 cm³/mol. The van der Waals surface area contributed by atoms with Gasteiger partial charge in [-0.05, 0) is 17.7 Å². The Morgan fingerprint density at radius 2 is 1.96 bits per heavy atom. The van der Waals surface area contributed by atoms with Crippen LogP contribution in [-0.2, 0) is 27.9 Å². The van der Waals surface area contributed by atoms with Crippen molar-refractivity contribution in [2.45, 2.75) is 18.4 Å². The van der Waals surface area contributed by atoms with Crippen molar-refractivity contribution in [2.75, 3.05) is 7.05 Å². The van der Waals surface area contributed by atoms with Crippen LogP contribution >= 0.6 is 0 Å². The molecule has 0 saturated carbocycles. The molecule has 1 N–H and O–H groups in total. The van der Waals surface area contributed by atoms with Gasteiger partial charge in [0.2, 0.25) is 5.60 Å². The molecule has 128 valence electrons. The van der Waals surface area contributed by atoms with Gasteiger partial charge in [0.1, 0.15) is 11.5 Å². The van der Waals surface area contributed by atoms with E-state index in [1.54, 1.807) is 24.3 Å². The molecule has 8 heteroatoms. The minimum atomic E-state index is -4.63. The molecule has 0 fully saturated rings. The molecule has 2 aromatic rings. The lowest BCUT2D eigenvalue weighted by atomic mass is 9.83. The van der Waals surface area contributed by atoms with E-state index in [1.807, 2.05) is 0 Å². The molecule has 1 spiro atoms. The smallest absolute Gasteiger partial charge is 0.372 e. The SMILES string of the molecule is CNC1=NC(=O)[C@]2(OCc3ccccc32)c2nc(C(F)(F)F)ccc21. The zero-order chi connectivity index (χ0) is 17.8. The fourth-order valence-corrected chi connectivity index (χ4v) is 3.24. The molecule has 3 heterocycles. The van der Waals surface area contributed by atoms with E-state index in [2.05, 4.69) is 15.3 Å². The molecular weight excluding hydrogens is 335 g/mol. The summed E-state index contributed by atoms with van der Waals surface area (Å²) in [5.41, 5.74) is -1.39. The fraction of sp³-hybridized carbons (Fsp3) is 0.235. The van der Waals surface area contributed by atoms with Crippen molar-refractivity contribution in [3.05, 3.63) is 64.5 Å². The number of nitrogens with zero attached hydrogens (tertiary/aromatic N) is 2. The summed E-state index contributed by atoms with van der Waals surface area (Å²) in [6.07, 6.45) is -4.63. The number of rotatable bonds is 0. The largest absolute Gasteiger partial charge is 0.433 e. The zero-order valence-electron chi connectivity index (χ0n) is 13.0. The standard InChI is InChI=1S/C17H12F3N3O2/c1-21-14-10-6-7-12(17(18,19)20)22-13(10)16(15(24)23-14)11-5-3-2-4-9(11)8-25-16/h2-7H,8H2,1H3,(H,21,23,24)/t16-/m1/s1. The first-order valence-electron chi connectivity index (χ1n) is 7.50. The van der Waals surface area contributed by atoms with Crippen LogP contribution in [0.5, 0.6) is 0 Å². The summed E-state index contributed by atoms with van der Waals surface area (Å²) in [5, 5.41) is 2.73. The molecule has 0 unspecified atom stereocenters. The molecule has 1 atom stereocenters. The Bertz CT molecular complexity index is 924. The maximum Gasteiger partial charge on any atom is 0.433 e. The minimum absolute atomic E-state index is 0.0865. The predicted octanol–water partition coefficient (Wildman–Crippen LogP) is 2.38. The van der Waals surface area contributed by atoms with Crippen LogP contribution in [0.3, 0.4) is 0 Å². The number of carbonyl (C=O) groups is 1. The lowest BCUT2D eigenvalue weighted by Crippen LogP contribution is -2.44. The second kappa shape index (κ2) is 5.13. The molecule has 25 heavy (non-hydrogen) atoms. The monoisotopic (exact) mass is 347 g/mol. The number of nitrogens with one attached hydrogen (secondary N) is 1. The van der Waals surface area contributed by atoms with E-state index in [0.29, 0.717) is 11.1 Å². The van der Waals surface area contributed by atoms with Gasteiger partial charge in [-0.15, -0.1) is 0 Å². The van der Waals surface area contributed by atoms with Crippen molar-refractivity contribution >= 4 is 11.7 Å². The van der Waals surface area contributed by atoms with Crippen LogP contribution in [0.15, 0.2) is 41.4 Å². The highest BCUT2D eigenvalue weighted by molar-refractivity contribution is 6.13. The Hall–Kier alpha value is -2.74. The first-order chi connectivity index (χ1) is 11.9. The van der Waals surface area contributed by atoms with Gasteiger partial charge in [-0.25, -0.2) is 4.98 Å². The van der Waals surface area contributed by atoms with Crippen LogP contribution in [0.4, 0.5) is 13.2 Å². The van der Waals surface area contributed by atoms with Gasteiger partial charge >= 0.3 is 6.18 Å². The fourth-order valence-electron chi connectivity index (χ4n) is 3.24. The number of amidine groups is 1. The number of fused-ring (bicyclic) bond motifs is 4. The molecule has 1 aromatic carbocycles. The van der Waals surface area contributed by atoms with Gasteiger partial charge in [0.15, 0.2) is 0 Å². The molecule has 0 saturated heterocycles. The summed E-state index contributed by atoms with van der Waals surface area (Å²) in [5.74, 6) is -0.527. The number of carbonyl (C=O) groups excluding carboxylic acids is 1. The second-order valence-corrected chi connectivity index (χ2v) is 5.73. The van der Waals surface area contributed by atoms with E-state index in [0.717, 1.165) is 11.6 Å². The van der Waals surface area contributed by atoms with Crippen LogP contribution in [-0.4, -0.2) is 23.8 Å². The van der Waals surface area contributed by atoms with E-state index >= 15 is 0 Å². The van der Waals surface area contributed by atoms with Gasteiger partial charge in [0.25, 0.3) is 5.91 Å². The molecule has 2 aliphatic heterocycles. The summed E-state index contributed by atoms with van der Waals surface area (Å²) in [6, 6.07) is 9.03. The number of ether oxygens (including phenoxy) is 1. The van der Waals surface area contributed by atoms with Crippen LogP contribution in [0.2, 0.25) is 0 Å². The summed E-state index contributed by atoms with van der Waals surface area (Å²) in [4.78, 5) is 20.6. The number of alkyl halides is 3. The molecule has 1 aromatic heterocycles. The number of hydrogen-bond acceptors (Lipinski definition) is 4. The lowest BCUT2D eigenvalue weighted by Gasteiger charge is -2.31. The van der Waals surface area contributed by atoms with Crippen molar-refractivity contribution < 1.29 is 22.7 Å². The molecule has 5 nitrogen and oxygen atoms in total. The van der Waals surface area contributed by atoms with E-state index in [1.165, 1.54) is 13.1 Å². The maximum atomic E-state index is 13.2. The van der Waals surface area contributed by atoms with Crippen molar-refractivity contribution in [1.29, 1.82) is 0 Å². The highest BCUT2D eigenvalue weighted by atomic mass is 19.4. The van der Waals surface area contributed by atoms with E-state index in [4.69, 9.17) is 4.74 Å². The summed E-state index contributed by atoms with van der Waals surface area (Å²) in [7, 11) is 1.54. The van der Waals surface area contributed by atoms with Crippen molar-refractivity contribution in [3.63, 3.8) is 0 Å². The molecule has 0 radical (unpaired) electrons. The Labute approximate surface area is 140 Å². The quantitative estimate of drug-likeness (QED) is 0.795. The molecule has 0 aliphatic carbocycles. The number of benzene rings is 1. The van der Waals surface area contributed by atoms with Crippen LogP contribution in [0.1, 0.15) is 28.1 Å². The minimum Gasteiger partial charge on any atom is -0.372 e. The summed E-state index contributed by atoms with van der Waals surface area (Å²) in [6.45, 7) is 0.101. The number of aliphatic imine (C=N–C) groups is 1. The van der Waals surface area contributed by atoms with E-state index < -0.39 is 23.4 Å². The van der Waals surface area contributed by atoms with Crippen molar-refractivity contribution in [3.8, 4) is 0 Å². The van der Waals surface area contributed by atoms with Crippen LogP contribution in [0, 0.1) is 0 Å². The average molecular weight is 347 g/mol.